The van der Waals surface area contributed by atoms with E-state index >= 15 is 0 Å². The van der Waals surface area contributed by atoms with Crippen molar-refractivity contribution in [2.75, 3.05) is 13.1 Å². The van der Waals surface area contributed by atoms with Gasteiger partial charge in [0.15, 0.2) is 0 Å². The highest BCUT2D eigenvalue weighted by molar-refractivity contribution is 5.75. The molecule has 4 nitrogen and oxygen atoms in total. The molecule has 2 aliphatic rings. The second-order valence-electron chi connectivity index (χ2n) is 4.92. The SMILES string of the molecule is O=C(N1CCCC1)N(Cc1ccco1)C1CC1. The Hall–Kier alpha value is -1.45. The minimum Gasteiger partial charge on any atom is -0.467 e. The molecular weight excluding hydrogens is 216 g/mol. The van der Waals surface area contributed by atoms with Gasteiger partial charge in [-0.1, -0.05) is 0 Å². The minimum absolute atomic E-state index is 0.196. The Kier molecular flexibility index (Phi) is 2.79. The Morgan fingerprint density at radius 2 is 2.18 bits per heavy atom. The van der Waals surface area contributed by atoms with Crippen LogP contribution in [-0.2, 0) is 6.54 Å². The summed E-state index contributed by atoms with van der Waals surface area (Å²) in [4.78, 5) is 16.3. The highest BCUT2D eigenvalue weighted by Gasteiger charge is 2.35. The second kappa shape index (κ2) is 4.43. The van der Waals surface area contributed by atoms with Crippen molar-refractivity contribution in [2.45, 2.75) is 38.3 Å². The maximum atomic E-state index is 12.4. The summed E-state index contributed by atoms with van der Waals surface area (Å²) in [6.45, 7) is 2.45. The predicted molar refractivity (Wildman–Crippen MR) is 63.5 cm³/mol. The fraction of sp³-hybridized carbons (Fsp3) is 0.615. The van der Waals surface area contributed by atoms with Gasteiger partial charge < -0.3 is 14.2 Å². The summed E-state index contributed by atoms with van der Waals surface area (Å²) in [7, 11) is 0. The molecule has 0 aromatic carbocycles. The predicted octanol–water partition coefficient (Wildman–Crippen LogP) is 2.46. The smallest absolute Gasteiger partial charge is 0.320 e. The first-order chi connectivity index (χ1) is 8.34. The summed E-state index contributed by atoms with van der Waals surface area (Å²) in [6, 6.07) is 4.45. The molecular formula is C13H18N2O2. The zero-order chi connectivity index (χ0) is 11.7. The van der Waals surface area contributed by atoms with Crippen LogP contribution in [0.1, 0.15) is 31.4 Å². The molecule has 1 aliphatic carbocycles. The highest BCUT2D eigenvalue weighted by atomic mass is 16.3. The first-order valence-electron chi connectivity index (χ1n) is 6.42. The van der Waals surface area contributed by atoms with Crippen LogP contribution in [0.3, 0.4) is 0 Å². The lowest BCUT2D eigenvalue weighted by Crippen LogP contribution is -2.42. The Labute approximate surface area is 101 Å². The lowest BCUT2D eigenvalue weighted by atomic mass is 10.4. The van der Waals surface area contributed by atoms with E-state index in [1.54, 1.807) is 6.26 Å². The average Bonchev–Trinajstić information content (AvgIpc) is 2.86. The maximum absolute atomic E-state index is 12.4. The van der Waals surface area contributed by atoms with Crippen molar-refractivity contribution < 1.29 is 9.21 Å². The van der Waals surface area contributed by atoms with E-state index in [0.29, 0.717) is 12.6 Å². The number of carbonyl (C=O) groups excluding carboxylic acids is 1. The molecule has 2 heterocycles. The molecule has 1 aromatic rings. The van der Waals surface area contributed by atoms with Crippen molar-refractivity contribution in [2.24, 2.45) is 0 Å². The van der Waals surface area contributed by atoms with Crippen LogP contribution in [0.25, 0.3) is 0 Å². The molecule has 1 saturated heterocycles. The number of nitrogens with zero attached hydrogens (tertiary/aromatic N) is 2. The summed E-state index contributed by atoms with van der Waals surface area (Å²) in [5.74, 6) is 0.879. The topological polar surface area (TPSA) is 36.7 Å². The van der Waals surface area contributed by atoms with Gasteiger partial charge in [0, 0.05) is 19.1 Å². The van der Waals surface area contributed by atoms with Crippen molar-refractivity contribution in [1.82, 2.24) is 9.80 Å². The molecule has 0 radical (unpaired) electrons. The van der Waals surface area contributed by atoms with Gasteiger partial charge in [-0.15, -0.1) is 0 Å². The molecule has 0 spiro atoms. The molecule has 0 atom stereocenters. The number of likely N-dealkylation sites (tertiary alicyclic amines) is 1. The van der Waals surface area contributed by atoms with E-state index in [1.807, 2.05) is 21.9 Å². The first-order valence-corrected chi connectivity index (χ1v) is 6.42. The number of hydrogen-bond acceptors (Lipinski definition) is 2. The van der Waals surface area contributed by atoms with Crippen LogP contribution in [0.4, 0.5) is 4.79 Å². The van der Waals surface area contributed by atoms with E-state index in [2.05, 4.69) is 0 Å². The molecule has 17 heavy (non-hydrogen) atoms. The number of urea groups is 1. The van der Waals surface area contributed by atoms with E-state index in [9.17, 15) is 4.79 Å². The van der Waals surface area contributed by atoms with E-state index in [4.69, 9.17) is 4.42 Å². The third-order valence-electron chi connectivity index (χ3n) is 3.52. The summed E-state index contributed by atoms with van der Waals surface area (Å²) < 4.78 is 5.34. The molecule has 2 amide bonds. The van der Waals surface area contributed by atoms with Gasteiger partial charge in [-0.05, 0) is 37.8 Å². The summed E-state index contributed by atoms with van der Waals surface area (Å²) in [5, 5.41) is 0. The van der Waals surface area contributed by atoms with Crippen LogP contribution in [0.15, 0.2) is 22.8 Å². The van der Waals surface area contributed by atoms with E-state index in [0.717, 1.165) is 44.5 Å². The largest absolute Gasteiger partial charge is 0.467 e. The van der Waals surface area contributed by atoms with E-state index < -0.39 is 0 Å². The number of hydrogen-bond donors (Lipinski definition) is 0. The van der Waals surface area contributed by atoms with Gasteiger partial charge in [0.25, 0.3) is 0 Å². The number of amides is 2. The summed E-state index contributed by atoms with van der Waals surface area (Å²) >= 11 is 0. The second-order valence-corrected chi connectivity index (χ2v) is 4.92. The van der Waals surface area contributed by atoms with E-state index in [-0.39, 0.29) is 6.03 Å². The molecule has 2 fully saturated rings. The standard InChI is InChI=1S/C13H18N2O2/c16-13(14-7-1-2-8-14)15(11-5-6-11)10-12-4-3-9-17-12/h3-4,9,11H,1-2,5-8,10H2. The third-order valence-corrected chi connectivity index (χ3v) is 3.52. The van der Waals surface area contributed by atoms with Crippen LogP contribution in [0.5, 0.6) is 0 Å². The molecule has 1 saturated carbocycles. The van der Waals surface area contributed by atoms with Gasteiger partial charge >= 0.3 is 6.03 Å². The summed E-state index contributed by atoms with van der Waals surface area (Å²) in [5.41, 5.74) is 0. The highest BCUT2D eigenvalue weighted by Crippen LogP contribution is 2.30. The lowest BCUT2D eigenvalue weighted by Gasteiger charge is -2.27. The average molecular weight is 234 g/mol. The quantitative estimate of drug-likeness (QED) is 0.805. The first kappa shape index (κ1) is 10.7. The maximum Gasteiger partial charge on any atom is 0.320 e. The van der Waals surface area contributed by atoms with E-state index in [1.165, 1.54) is 0 Å². The Balaban J connectivity index is 1.68. The Bertz CT molecular complexity index is 378. The van der Waals surface area contributed by atoms with Crippen LogP contribution >= 0.6 is 0 Å². The molecule has 1 aliphatic heterocycles. The minimum atomic E-state index is 0.196. The zero-order valence-electron chi connectivity index (χ0n) is 9.97. The van der Waals surface area contributed by atoms with Crippen molar-refractivity contribution in [3.8, 4) is 0 Å². The molecule has 0 bridgehead atoms. The van der Waals surface area contributed by atoms with Crippen LogP contribution in [-0.4, -0.2) is 35.0 Å². The fourth-order valence-electron chi connectivity index (χ4n) is 2.40. The third kappa shape index (κ3) is 2.30. The van der Waals surface area contributed by atoms with Crippen molar-refractivity contribution in [1.29, 1.82) is 0 Å². The lowest BCUT2D eigenvalue weighted by molar-refractivity contribution is 0.152. The number of carbonyl (C=O) groups is 1. The molecule has 92 valence electrons. The van der Waals surface area contributed by atoms with Crippen LogP contribution in [0, 0.1) is 0 Å². The Morgan fingerprint density at radius 3 is 2.76 bits per heavy atom. The van der Waals surface area contributed by atoms with Gasteiger partial charge in [0.2, 0.25) is 0 Å². The molecule has 0 N–H and O–H groups in total. The van der Waals surface area contributed by atoms with Crippen molar-refractivity contribution in [3.05, 3.63) is 24.2 Å². The monoisotopic (exact) mass is 234 g/mol. The zero-order valence-corrected chi connectivity index (χ0v) is 9.97. The normalized spacial score (nSPS) is 19.6. The van der Waals surface area contributed by atoms with Gasteiger partial charge in [0.05, 0.1) is 12.8 Å². The van der Waals surface area contributed by atoms with Gasteiger partial charge in [-0.2, -0.15) is 0 Å². The van der Waals surface area contributed by atoms with Gasteiger partial charge in [-0.3, -0.25) is 0 Å². The molecule has 0 unspecified atom stereocenters. The fourth-order valence-corrected chi connectivity index (χ4v) is 2.40. The number of rotatable bonds is 3. The Morgan fingerprint density at radius 1 is 1.41 bits per heavy atom. The van der Waals surface area contributed by atoms with Crippen molar-refractivity contribution in [3.63, 3.8) is 0 Å². The molecule has 1 aromatic heterocycles. The van der Waals surface area contributed by atoms with Gasteiger partial charge in [-0.25, -0.2) is 4.79 Å². The summed E-state index contributed by atoms with van der Waals surface area (Å²) in [6.07, 6.45) is 6.23. The molecule has 4 heteroatoms. The van der Waals surface area contributed by atoms with Crippen LogP contribution < -0.4 is 0 Å². The van der Waals surface area contributed by atoms with Crippen LogP contribution in [0.2, 0.25) is 0 Å². The van der Waals surface area contributed by atoms with Crippen molar-refractivity contribution >= 4 is 6.03 Å². The number of furan rings is 1. The molecule has 3 rings (SSSR count). The van der Waals surface area contributed by atoms with Gasteiger partial charge in [0.1, 0.15) is 5.76 Å².